The lowest BCUT2D eigenvalue weighted by atomic mass is 10.0. The van der Waals surface area contributed by atoms with Gasteiger partial charge >= 0.3 is 0 Å². The number of rotatable bonds is 3. The van der Waals surface area contributed by atoms with Gasteiger partial charge in [0.05, 0.1) is 11.4 Å². The molecule has 0 aromatic carbocycles. The molecular weight excluding hydrogens is 190 g/mol. The third kappa shape index (κ3) is 2.33. The van der Waals surface area contributed by atoms with Crippen LogP contribution < -0.4 is 0 Å². The second kappa shape index (κ2) is 4.24. The minimum absolute atomic E-state index is 0.309. The van der Waals surface area contributed by atoms with E-state index >= 15 is 0 Å². The van der Waals surface area contributed by atoms with E-state index in [1.165, 1.54) is 5.56 Å². The minimum atomic E-state index is 0.309. The van der Waals surface area contributed by atoms with Crippen LogP contribution in [-0.4, -0.2) is 39.9 Å². The lowest BCUT2D eigenvalue weighted by Crippen LogP contribution is -2.47. The molecule has 0 amide bonds. The number of aliphatic hydroxyl groups excluding tert-OH is 1. The third-order valence-electron chi connectivity index (χ3n) is 2.89. The first-order valence-corrected chi connectivity index (χ1v) is 5.32. The molecule has 1 aromatic heterocycles. The van der Waals surface area contributed by atoms with Crippen LogP contribution in [0.4, 0.5) is 0 Å². The lowest BCUT2D eigenvalue weighted by molar-refractivity contribution is 0.0476. The van der Waals surface area contributed by atoms with E-state index in [9.17, 15) is 0 Å². The fourth-order valence-corrected chi connectivity index (χ4v) is 1.93. The average molecular weight is 207 g/mol. The van der Waals surface area contributed by atoms with Crippen molar-refractivity contribution < 1.29 is 5.11 Å². The van der Waals surface area contributed by atoms with Crippen LogP contribution in [0.15, 0.2) is 6.07 Å². The molecule has 0 unspecified atom stereocenters. The molecule has 15 heavy (non-hydrogen) atoms. The predicted octanol–water partition coefficient (Wildman–Crippen LogP) is 0.518. The van der Waals surface area contributed by atoms with Gasteiger partial charge in [-0.1, -0.05) is 0 Å². The Morgan fingerprint density at radius 2 is 2.13 bits per heavy atom. The maximum Gasteiger partial charge on any atom is 0.0645 e. The maximum atomic E-state index is 8.92. The van der Waals surface area contributed by atoms with Gasteiger partial charge in [-0.25, -0.2) is 0 Å². The highest BCUT2D eigenvalue weighted by Crippen LogP contribution is 2.18. The van der Waals surface area contributed by atoms with E-state index in [1.54, 1.807) is 0 Å². The summed E-state index contributed by atoms with van der Waals surface area (Å²) in [5.74, 6) is 0.473. The summed E-state index contributed by atoms with van der Waals surface area (Å²) in [4.78, 5) is 2.32. The van der Waals surface area contributed by atoms with E-state index in [2.05, 4.69) is 21.2 Å². The first-order chi connectivity index (χ1) is 7.19. The van der Waals surface area contributed by atoms with E-state index in [0.29, 0.717) is 12.5 Å². The van der Waals surface area contributed by atoms with Gasteiger partial charge in [-0.2, -0.15) is 10.2 Å². The Bertz CT molecular complexity index is 348. The molecule has 0 aliphatic carbocycles. The number of aliphatic hydroxyl groups is 1. The predicted molar refractivity (Wildman–Crippen MR) is 57.4 cm³/mol. The summed E-state index contributed by atoms with van der Waals surface area (Å²) >= 11 is 0. The van der Waals surface area contributed by atoms with Crippen molar-refractivity contribution in [1.82, 2.24) is 15.1 Å². The topological polar surface area (TPSA) is 49.2 Å². The van der Waals surface area contributed by atoms with Crippen LogP contribution in [0.1, 0.15) is 17.0 Å². The van der Waals surface area contributed by atoms with Gasteiger partial charge in [-0.15, -0.1) is 0 Å². The highest BCUT2D eigenvalue weighted by Gasteiger charge is 2.26. The van der Waals surface area contributed by atoms with Crippen LogP contribution in [0, 0.1) is 19.8 Å². The van der Waals surface area contributed by atoms with E-state index in [-0.39, 0.29) is 0 Å². The Balaban J connectivity index is 1.97. The van der Waals surface area contributed by atoms with Crippen molar-refractivity contribution in [2.24, 2.45) is 5.92 Å². The molecule has 82 valence electrons. The molecule has 1 aliphatic heterocycles. The Labute approximate surface area is 89.9 Å². The van der Waals surface area contributed by atoms with E-state index < -0.39 is 0 Å². The van der Waals surface area contributed by atoms with E-state index in [1.807, 2.05) is 13.8 Å². The van der Waals surface area contributed by atoms with Gasteiger partial charge in [0.15, 0.2) is 0 Å². The van der Waals surface area contributed by atoms with Crippen LogP contribution in [0.5, 0.6) is 0 Å². The molecule has 2 rings (SSSR count). The molecule has 2 heterocycles. The van der Waals surface area contributed by atoms with Crippen molar-refractivity contribution in [2.75, 3.05) is 19.7 Å². The fourth-order valence-electron chi connectivity index (χ4n) is 1.93. The largest absolute Gasteiger partial charge is 0.396 e. The Kier molecular flexibility index (Phi) is 2.98. The minimum Gasteiger partial charge on any atom is -0.396 e. The zero-order valence-corrected chi connectivity index (χ0v) is 9.27. The van der Waals surface area contributed by atoms with Gasteiger partial charge in [-0.05, 0) is 25.5 Å². The maximum absolute atomic E-state index is 8.92. The van der Waals surface area contributed by atoms with Crippen molar-refractivity contribution in [3.63, 3.8) is 0 Å². The summed E-state index contributed by atoms with van der Waals surface area (Å²) in [7, 11) is 0. The first kappa shape index (κ1) is 10.5. The highest BCUT2D eigenvalue weighted by atomic mass is 16.3. The molecule has 0 atom stereocenters. The Hall–Kier alpha value is -1.00. The first-order valence-electron chi connectivity index (χ1n) is 5.32. The molecule has 1 N–H and O–H groups in total. The zero-order valence-electron chi connectivity index (χ0n) is 9.27. The lowest BCUT2D eigenvalue weighted by Gasteiger charge is -2.38. The smallest absolute Gasteiger partial charge is 0.0645 e. The summed E-state index contributed by atoms with van der Waals surface area (Å²) in [6.07, 6.45) is 0. The molecule has 0 saturated carbocycles. The van der Waals surface area contributed by atoms with Crippen LogP contribution in [0.25, 0.3) is 0 Å². The summed E-state index contributed by atoms with van der Waals surface area (Å²) in [6.45, 7) is 7.18. The average Bonchev–Trinajstić information content (AvgIpc) is 2.16. The number of likely N-dealkylation sites (tertiary alicyclic amines) is 1. The van der Waals surface area contributed by atoms with Gasteiger partial charge in [-0.3, -0.25) is 4.90 Å². The Morgan fingerprint density at radius 3 is 2.80 bits per heavy atom. The summed E-state index contributed by atoms with van der Waals surface area (Å²) in [6, 6.07) is 2.09. The standard InChI is InChI=1S/C11H17N3O/c1-8-3-11(9(2)13-12-8)6-14-4-10(5-14)7-15/h3,10,15H,4-7H2,1-2H3. The molecule has 4 nitrogen and oxygen atoms in total. The molecule has 1 aromatic rings. The SMILES string of the molecule is Cc1cc(CN2CC(CO)C2)c(C)nn1. The van der Waals surface area contributed by atoms with Gasteiger partial charge in [0.2, 0.25) is 0 Å². The molecule has 0 spiro atoms. The third-order valence-corrected chi connectivity index (χ3v) is 2.89. The zero-order chi connectivity index (χ0) is 10.8. The highest BCUT2D eigenvalue weighted by molar-refractivity contribution is 5.19. The molecule has 1 saturated heterocycles. The van der Waals surface area contributed by atoms with Crippen LogP contribution in [0.2, 0.25) is 0 Å². The monoisotopic (exact) mass is 207 g/mol. The summed E-state index contributed by atoms with van der Waals surface area (Å²) in [5, 5.41) is 17.0. The van der Waals surface area contributed by atoms with Crippen molar-refractivity contribution >= 4 is 0 Å². The van der Waals surface area contributed by atoms with Crippen molar-refractivity contribution in [3.05, 3.63) is 23.0 Å². The number of aryl methyl sites for hydroxylation is 2. The van der Waals surface area contributed by atoms with Crippen LogP contribution >= 0.6 is 0 Å². The second-order valence-electron chi connectivity index (χ2n) is 4.34. The van der Waals surface area contributed by atoms with E-state index in [4.69, 9.17) is 5.11 Å². The summed E-state index contributed by atoms with van der Waals surface area (Å²) in [5.41, 5.74) is 3.22. The quantitative estimate of drug-likeness (QED) is 0.785. The fraction of sp³-hybridized carbons (Fsp3) is 0.636. The molecule has 0 radical (unpaired) electrons. The summed E-state index contributed by atoms with van der Waals surface area (Å²) < 4.78 is 0. The van der Waals surface area contributed by atoms with Crippen LogP contribution in [0.3, 0.4) is 0 Å². The molecule has 4 heteroatoms. The number of hydrogen-bond donors (Lipinski definition) is 1. The normalized spacial score (nSPS) is 17.8. The number of hydrogen-bond acceptors (Lipinski definition) is 4. The molecule has 1 fully saturated rings. The number of nitrogens with zero attached hydrogens (tertiary/aromatic N) is 3. The van der Waals surface area contributed by atoms with Crippen molar-refractivity contribution in [2.45, 2.75) is 20.4 Å². The molecule has 1 aliphatic rings. The molecular formula is C11H17N3O. The number of aromatic nitrogens is 2. The van der Waals surface area contributed by atoms with Crippen LogP contribution in [-0.2, 0) is 6.54 Å². The van der Waals surface area contributed by atoms with Gasteiger partial charge < -0.3 is 5.11 Å². The molecule has 0 bridgehead atoms. The van der Waals surface area contributed by atoms with Gasteiger partial charge in [0, 0.05) is 32.2 Å². The van der Waals surface area contributed by atoms with Crippen molar-refractivity contribution in [1.29, 1.82) is 0 Å². The Morgan fingerprint density at radius 1 is 1.40 bits per heavy atom. The van der Waals surface area contributed by atoms with Gasteiger partial charge in [0.1, 0.15) is 0 Å². The van der Waals surface area contributed by atoms with E-state index in [0.717, 1.165) is 31.0 Å². The van der Waals surface area contributed by atoms with Crippen molar-refractivity contribution in [3.8, 4) is 0 Å². The van der Waals surface area contributed by atoms with Gasteiger partial charge in [0.25, 0.3) is 0 Å². The second-order valence-corrected chi connectivity index (χ2v) is 4.34.